The summed E-state index contributed by atoms with van der Waals surface area (Å²) in [5, 5.41) is 6.08. The summed E-state index contributed by atoms with van der Waals surface area (Å²) >= 11 is 11.8. The number of carbonyl (C=O) groups is 2. The van der Waals surface area contributed by atoms with E-state index in [2.05, 4.69) is 24.5 Å². The molecule has 0 spiro atoms. The summed E-state index contributed by atoms with van der Waals surface area (Å²) in [6.45, 7) is 4.19. The number of nitrogens with one attached hydrogen (secondary N) is 2. The zero-order valence-electron chi connectivity index (χ0n) is 13.4. The van der Waals surface area contributed by atoms with Gasteiger partial charge in [0.25, 0.3) is 0 Å². The summed E-state index contributed by atoms with van der Waals surface area (Å²) in [6.07, 6.45) is -0.301. The topological polar surface area (TPSA) is 58.2 Å². The minimum Gasteiger partial charge on any atom is -0.326 e. The van der Waals surface area contributed by atoms with Crippen molar-refractivity contribution in [2.24, 2.45) is 0 Å². The first-order valence-electron chi connectivity index (χ1n) is 7.50. The highest BCUT2D eigenvalue weighted by Gasteiger charge is 2.12. The van der Waals surface area contributed by atoms with Gasteiger partial charge in [-0.3, -0.25) is 9.59 Å². The van der Waals surface area contributed by atoms with Crippen molar-refractivity contribution < 1.29 is 9.59 Å². The number of benzene rings is 2. The molecule has 0 saturated carbocycles. The summed E-state index contributed by atoms with van der Waals surface area (Å²) in [7, 11) is 0. The minimum atomic E-state index is -0.449. The Labute approximate surface area is 151 Å². The normalized spacial score (nSPS) is 10.5. The lowest BCUT2D eigenvalue weighted by atomic mass is 10.0. The van der Waals surface area contributed by atoms with Crippen molar-refractivity contribution in [1.29, 1.82) is 0 Å². The first-order valence-corrected chi connectivity index (χ1v) is 8.25. The molecule has 2 amide bonds. The number of carbonyl (C=O) groups excluding carboxylic acids is 2. The van der Waals surface area contributed by atoms with Crippen LogP contribution in [0.1, 0.15) is 31.7 Å². The van der Waals surface area contributed by atoms with Crippen molar-refractivity contribution in [2.45, 2.75) is 26.2 Å². The Balaban J connectivity index is 1.90. The molecule has 0 aromatic heterocycles. The first-order chi connectivity index (χ1) is 11.3. The Morgan fingerprint density at radius 1 is 0.958 bits per heavy atom. The number of hydrogen-bond acceptors (Lipinski definition) is 2. The average Bonchev–Trinajstić information content (AvgIpc) is 2.50. The molecule has 0 saturated heterocycles. The summed E-state index contributed by atoms with van der Waals surface area (Å²) in [6, 6.07) is 12.3. The van der Waals surface area contributed by atoms with Crippen molar-refractivity contribution in [3.05, 3.63) is 58.1 Å². The van der Waals surface area contributed by atoms with Crippen LogP contribution in [0.4, 0.5) is 11.4 Å². The van der Waals surface area contributed by atoms with Crippen LogP contribution in [0.3, 0.4) is 0 Å². The fraction of sp³-hybridized carbons (Fsp3) is 0.222. The van der Waals surface area contributed by atoms with Crippen molar-refractivity contribution >= 4 is 46.4 Å². The number of anilines is 2. The van der Waals surface area contributed by atoms with Gasteiger partial charge in [-0.2, -0.15) is 0 Å². The first kappa shape index (κ1) is 18.3. The van der Waals surface area contributed by atoms with Gasteiger partial charge in [-0.05, 0) is 41.8 Å². The Bertz CT molecular complexity index is 743. The van der Waals surface area contributed by atoms with E-state index in [0.717, 1.165) is 0 Å². The second kappa shape index (κ2) is 8.18. The van der Waals surface area contributed by atoms with Gasteiger partial charge in [0.05, 0.1) is 10.7 Å². The molecular weight excluding hydrogens is 347 g/mol. The van der Waals surface area contributed by atoms with Crippen LogP contribution in [0.25, 0.3) is 0 Å². The quantitative estimate of drug-likeness (QED) is 0.726. The lowest BCUT2D eigenvalue weighted by Crippen LogP contribution is -2.21. The number of rotatable bonds is 5. The standard InChI is InChI=1S/C18H18Cl2N2O2/c1-11(2)12-3-6-14(7-4-12)21-17(23)10-18(24)22-16-8-5-13(19)9-15(16)20/h3-9,11H,10H2,1-2H3,(H,21,23)(H,22,24). The molecule has 24 heavy (non-hydrogen) atoms. The largest absolute Gasteiger partial charge is 0.326 e. The van der Waals surface area contributed by atoms with Gasteiger partial charge in [-0.15, -0.1) is 0 Å². The lowest BCUT2D eigenvalue weighted by molar-refractivity contribution is -0.123. The molecule has 2 aromatic carbocycles. The average molecular weight is 365 g/mol. The monoisotopic (exact) mass is 364 g/mol. The second-order valence-electron chi connectivity index (χ2n) is 5.67. The van der Waals surface area contributed by atoms with Crippen LogP contribution in [0, 0.1) is 0 Å². The predicted molar refractivity (Wildman–Crippen MR) is 98.9 cm³/mol. The zero-order valence-corrected chi connectivity index (χ0v) is 14.9. The van der Waals surface area contributed by atoms with Crippen LogP contribution in [0.2, 0.25) is 10.0 Å². The van der Waals surface area contributed by atoms with Crippen molar-refractivity contribution in [3.8, 4) is 0 Å². The van der Waals surface area contributed by atoms with Crippen LogP contribution in [0.5, 0.6) is 0 Å². The van der Waals surface area contributed by atoms with E-state index in [1.54, 1.807) is 12.1 Å². The highest BCUT2D eigenvalue weighted by Crippen LogP contribution is 2.25. The van der Waals surface area contributed by atoms with Crippen LogP contribution >= 0.6 is 23.2 Å². The molecule has 0 unspecified atom stereocenters. The molecule has 0 fully saturated rings. The molecule has 0 bridgehead atoms. The van der Waals surface area contributed by atoms with E-state index in [1.807, 2.05) is 24.3 Å². The molecule has 2 rings (SSSR count). The summed E-state index contributed by atoms with van der Waals surface area (Å²) in [5.74, 6) is -0.421. The lowest BCUT2D eigenvalue weighted by Gasteiger charge is -2.09. The van der Waals surface area contributed by atoms with E-state index < -0.39 is 11.8 Å². The molecule has 4 nitrogen and oxygen atoms in total. The molecule has 0 aliphatic heterocycles. The van der Waals surface area contributed by atoms with Crippen molar-refractivity contribution in [2.75, 3.05) is 10.6 Å². The van der Waals surface area contributed by atoms with E-state index in [9.17, 15) is 9.59 Å². The Kier molecular flexibility index (Phi) is 6.23. The van der Waals surface area contributed by atoms with E-state index in [4.69, 9.17) is 23.2 Å². The predicted octanol–water partition coefficient (Wildman–Crippen LogP) is 5.08. The summed E-state index contributed by atoms with van der Waals surface area (Å²) < 4.78 is 0. The second-order valence-corrected chi connectivity index (χ2v) is 6.52. The fourth-order valence-electron chi connectivity index (χ4n) is 2.09. The number of amides is 2. The highest BCUT2D eigenvalue weighted by molar-refractivity contribution is 6.36. The highest BCUT2D eigenvalue weighted by atomic mass is 35.5. The maximum absolute atomic E-state index is 11.9. The van der Waals surface area contributed by atoms with Gasteiger partial charge in [-0.1, -0.05) is 49.2 Å². The molecule has 0 aliphatic carbocycles. The Hall–Kier alpha value is -2.04. The molecule has 2 aromatic rings. The van der Waals surface area contributed by atoms with Crippen LogP contribution < -0.4 is 10.6 Å². The molecule has 2 N–H and O–H groups in total. The smallest absolute Gasteiger partial charge is 0.233 e. The third kappa shape index (κ3) is 5.25. The Morgan fingerprint density at radius 3 is 2.17 bits per heavy atom. The van der Waals surface area contributed by atoms with Gasteiger partial charge < -0.3 is 10.6 Å². The summed E-state index contributed by atoms with van der Waals surface area (Å²) in [4.78, 5) is 23.9. The molecule has 0 heterocycles. The fourth-order valence-corrected chi connectivity index (χ4v) is 2.54. The van der Waals surface area contributed by atoms with Crippen molar-refractivity contribution in [3.63, 3.8) is 0 Å². The maximum atomic E-state index is 11.9. The van der Waals surface area contributed by atoms with E-state index in [-0.39, 0.29) is 6.42 Å². The molecule has 0 aliphatic rings. The van der Waals surface area contributed by atoms with Crippen LogP contribution in [-0.4, -0.2) is 11.8 Å². The number of halogens is 2. The van der Waals surface area contributed by atoms with Gasteiger partial charge in [0.1, 0.15) is 6.42 Å². The van der Waals surface area contributed by atoms with E-state index >= 15 is 0 Å². The van der Waals surface area contributed by atoms with Gasteiger partial charge in [-0.25, -0.2) is 0 Å². The SMILES string of the molecule is CC(C)c1ccc(NC(=O)CC(=O)Nc2ccc(Cl)cc2Cl)cc1. The van der Waals surface area contributed by atoms with Gasteiger partial charge in [0.2, 0.25) is 11.8 Å². The molecular formula is C18H18Cl2N2O2. The van der Waals surface area contributed by atoms with Gasteiger partial charge >= 0.3 is 0 Å². The van der Waals surface area contributed by atoms with Crippen molar-refractivity contribution in [1.82, 2.24) is 0 Å². The third-order valence-corrected chi connectivity index (χ3v) is 3.94. The van der Waals surface area contributed by atoms with E-state index in [0.29, 0.717) is 27.3 Å². The molecule has 0 radical (unpaired) electrons. The molecule has 6 heteroatoms. The third-order valence-electron chi connectivity index (χ3n) is 3.39. The Morgan fingerprint density at radius 2 is 1.58 bits per heavy atom. The zero-order chi connectivity index (χ0) is 17.7. The van der Waals surface area contributed by atoms with Crippen LogP contribution in [-0.2, 0) is 9.59 Å². The van der Waals surface area contributed by atoms with E-state index in [1.165, 1.54) is 11.6 Å². The number of hydrogen-bond donors (Lipinski definition) is 2. The minimum absolute atomic E-state index is 0.301. The van der Waals surface area contributed by atoms with Gasteiger partial charge in [0, 0.05) is 10.7 Å². The molecule has 0 atom stereocenters. The maximum Gasteiger partial charge on any atom is 0.233 e. The summed E-state index contributed by atoms with van der Waals surface area (Å²) in [5.41, 5.74) is 2.25. The van der Waals surface area contributed by atoms with Crippen LogP contribution in [0.15, 0.2) is 42.5 Å². The van der Waals surface area contributed by atoms with Gasteiger partial charge in [0.15, 0.2) is 0 Å². The molecule has 126 valence electrons.